The van der Waals surface area contributed by atoms with Crippen molar-refractivity contribution in [1.29, 1.82) is 0 Å². The van der Waals surface area contributed by atoms with Gasteiger partial charge in [0.25, 0.3) is 0 Å². The quantitative estimate of drug-likeness (QED) is 0.458. The molecule has 1 amide bonds. The average Bonchev–Trinajstić information content (AvgIpc) is 2.76. The number of carbonyl (C=O) groups excluding carboxylic acids is 1. The predicted octanol–water partition coefficient (Wildman–Crippen LogP) is 6.28. The van der Waals surface area contributed by atoms with E-state index in [0.29, 0.717) is 34.6 Å². The first-order valence-electron chi connectivity index (χ1n) is 9.80. The van der Waals surface area contributed by atoms with Crippen LogP contribution in [0.15, 0.2) is 72.8 Å². The first-order chi connectivity index (χ1) is 14.5. The van der Waals surface area contributed by atoms with Crippen LogP contribution in [0.4, 0.5) is 5.69 Å². The topological polar surface area (TPSA) is 23.6 Å². The van der Waals surface area contributed by atoms with Crippen LogP contribution in [0.3, 0.4) is 0 Å². The van der Waals surface area contributed by atoms with E-state index in [9.17, 15) is 4.79 Å². The highest BCUT2D eigenvalue weighted by atomic mass is 35.5. The predicted molar refractivity (Wildman–Crippen MR) is 125 cm³/mol. The van der Waals surface area contributed by atoms with Crippen molar-refractivity contribution in [3.63, 3.8) is 0 Å². The molecule has 1 atom stereocenters. The van der Waals surface area contributed by atoms with E-state index >= 15 is 0 Å². The van der Waals surface area contributed by atoms with Gasteiger partial charge < -0.3 is 9.80 Å². The van der Waals surface area contributed by atoms with Gasteiger partial charge in [0.2, 0.25) is 5.91 Å². The molecule has 30 heavy (non-hydrogen) atoms. The van der Waals surface area contributed by atoms with E-state index in [-0.39, 0.29) is 11.9 Å². The molecule has 1 aliphatic rings. The highest BCUT2D eigenvalue weighted by molar-refractivity contribution is 6.31. The van der Waals surface area contributed by atoms with E-state index in [1.807, 2.05) is 77.7 Å². The lowest BCUT2D eigenvalue weighted by Crippen LogP contribution is -2.51. The Hall–Kier alpha value is -2.20. The zero-order valence-electron chi connectivity index (χ0n) is 16.3. The van der Waals surface area contributed by atoms with Gasteiger partial charge in [-0.05, 0) is 53.6 Å². The summed E-state index contributed by atoms with van der Waals surface area (Å²) in [6, 6.07) is 23.2. The maximum atomic E-state index is 13.0. The SMILES string of the molecule is O=C(Cc1ccccc1Cl)N1CCN(c2ccc(Cl)cc2)C(c2ccc(Cl)cc2)C1. The summed E-state index contributed by atoms with van der Waals surface area (Å²) in [5.74, 6) is 0.0813. The summed E-state index contributed by atoms with van der Waals surface area (Å²) in [5, 5.41) is 2.02. The summed E-state index contributed by atoms with van der Waals surface area (Å²) < 4.78 is 0. The van der Waals surface area contributed by atoms with Crippen LogP contribution < -0.4 is 4.90 Å². The van der Waals surface area contributed by atoms with Crippen LogP contribution in [0.1, 0.15) is 17.2 Å². The van der Waals surface area contributed by atoms with Crippen molar-refractivity contribution < 1.29 is 4.79 Å². The van der Waals surface area contributed by atoms with Crippen LogP contribution in [-0.4, -0.2) is 30.4 Å². The summed E-state index contributed by atoms with van der Waals surface area (Å²) in [6.45, 7) is 1.97. The number of benzene rings is 3. The van der Waals surface area contributed by atoms with Gasteiger partial charge in [-0.25, -0.2) is 0 Å². The van der Waals surface area contributed by atoms with Gasteiger partial charge in [0, 0.05) is 40.4 Å². The van der Waals surface area contributed by atoms with E-state index in [1.54, 1.807) is 0 Å². The minimum absolute atomic E-state index is 0.0207. The molecule has 1 saturated heterocycles. The zero-order chi connectivity index (χ0) is 21.1. The van der Waals surface area contributed by atoms with E-state index in [2.05, 4.69) is 4.90 Å². The fourth-order valence-electron chi connectivity index (χ4n) is 3.84. The molecule has 1 aliphatic heterocycles. The molecule has 3 aromatic rings. The largest absolute Gasteiger partial charge is 0.361 e. The van der Waals surface area contributed by atoms with Crippen molar-refractivity contribution in [2.45, 2.75) is 12.5 Å². The molecule has 1 heterocycles. The second kappa shape index (κ2) is 9.30. The molecule has 6 heteroatoms. The molecular formula is C24H21Cl3N2O. The Morgan fingerprint density at radius 1 is 0.833 bits per heavy atom. The fourth-order valence-corrected chi connectivity index (χ4v) is 4.29. The third-order valence-electron chi connectivity index (χ3n) is 5.45. The normalized spacial score (nSPS) is 16.6. The lowest BCUT2D eigenvalue weighted by Gasteiger charge is -2.43. The maximum Gasteiger partial charge on any atom is 0.227 e. The van der Waals surface area contributed by atoms with Crippen molar-refractivity contribution in [1.82, 2.24) is 4.90 Å². The van der Waals surface area contributed by atoms with Crippen LogP contribution >= 0.6 is 34.8 Å². The Morgan fingerprint density at radius 3 is 2.13 bits per heavy atom. The number of rotatable bonds is 4. The molecule has 0 aromatic heterocycles. The fraction of sp³-hybridized carbons (Fsp3) is 0.208. The zero-order valence-corrected chi connectivity index (χ0v) is 18.5. The number of amides is 1. The Morgan fingerprint density at radius 2 is 1.47 bits per heavy atom. The van der Waals surface area contributed by atoms with Crippen molar-refractivity contribution in [3.05, 3.63) is 99.0 Å². The molecule has 0 N–H and O–H groups in total. The number of halogens is 3. The molecule has 4 rings (SSSR count). The van der Waals surface area contributed by atoms with Crippen LogP contribution in [0.2, 0.25) is 15.1 Å². The van der Waals surface area contributed by atoms with Gasteiger partial charge in [0.1, 0.15) is 0 Å². The Kier molecular flexibility index (Phi) is 6.52. The molecule has 1 fully saturated rings. The number of nitrogens with zero attached hydrogens (tertiary/aromatic N) is 2. The number of hydrogen-bond acceptors (Lipinski definition) is 2. The van der Waals surface area contributed by atoms with Crippen LogP contribution in [-0.2, 0) is 11.2 Å². The van der Waals surface area contributed by atoms with Gasteiger partial charge in [0.15, 0.2) is 0 Å². The van der Waals surface area contributed by atoms with Gasteiger partial charge in [-0.15, -0.1) is 0 Å². The summed E-state index contributed by atoms with van der Waals surface area (Å²) in [5.41, 5.74) is 3.05. The smallest absolute Gasteiger partial charge is 0.227 e. The minimum atomic E-state index is 0.0207. The first kappa shape index (κ1) is 21.0. The highest BCUT2D eigenvalue weighted by Gasteiger charge is 2.31. The van der Waals surface area contributed by atoms with Crippen LogP contribution in [0.5, 0.6) is 0 Å². The summed E-state index contributed by atoms with van der Waals surface area (Å²) in [4.78, 5) is 17.3. The molecule has 0 radical (unpaired) electrons. The Bertz CT molecular complexity index is 1020. The lowest BCUT2D eigenvalue weighted by molar-refractivity contribution is -0.131. The van der Waals surface area contributed by atoms with Crippen LogP contribution in [0, 0.1) is 0 Å². The standard InChI is InChI=1S/C24H21Cl3N2O/c25-19-7-5-17(6-8-19)23-16-28(24(30)15-18-3-1-2-4-22(18)27)13-14-29(23)21-11-9-20(26)10-12-21/h1-12,23H,13-16H2. The van der Waals surface area contributed by atoms with Gasteiger partial charge in [-0.3, -0.25) is 4.79 Å². The van der Waals surface area contributed by atoms with Crippen LogP contribution in [0.25, 0.3) is 0 Å². The van der Waals surface area contributed by atoms with E-state index in [0.717, 1.165) is 23.4 Å². The number of hydrogen-bond donors (Lipinski definition) is 0. The summed E-state index contributed by atoms with van der Waals surface area (Å²) in [7, 11) is 0. The van der Waals surface area contributed by atoms with Gasteiger partial charge >= 0.3 is 0 Å². The summed E-state index contributed by atoms with van der Waals surface area (Å²) in [6.07, 6.45) is 0.300. The second-order valence-corrected chi connectivity index (χ2v) is 8.63. The van der Waals surface area contributed by atoms with Crippen molar-refractivity contribution in [2.24, 2.45) is 0 Å². The third-order valence-corrected chi connectivity index (χ3v) is 6.32. The van der Waals surface area contributed by atoms with Crippen molar-refractivity contribution >= 4 is 46.4 Å². The highest BCUT2D eigenvalue weighted by Crippen LogP contribution is 2.32. The number of carbonyl (C=O) groups is 1. The van der Waals surface area contributed by atoms with E-state index in [4.69, 9.17) is 34.8 Å². The monoisotopic (exact) mass is 458 g/mol. The Labute approximate surface area is 191 Å². The molecular weight excluding hydrogens is 439 g/mol. The van der Waals surface area contributed by atoms with Gasteiger partial charge in [-0.2, -0.15) is 0 Å². The molecule has 154 valence electrons. The molecule has 0 saturated carbocycles. The molecule has 0 bridgehead atoms. The minimum Gasteiger partial charge on any atom is -0.361 e. The molecule has 0 spiro atoms. The molecule has 0 aliphatic carbocycles. The van der Waals surface area contributed by atoms with E-state index < -0.39 is 0 Å². The molecule has 1 unspecified atom stereocenters. The number of piperazine rings is 1. The lowest BCUT2D eigenvalue weighted by atomic mass is 10.0. The van der Waals surface area contributed by atoms with Gasteiger partial charge in [-0.1, -0.05) is 65.1 Å². The first-order valence-corrected chi connectivity index (χ1v) is 10.9. The molecule has 3 nitrogen and oxygen atoms in total. The maximum absolute atomic E-state index is 13.0. The second-order valence-electron chi connectivity index (χ2n) is 7.35. The Balaban J connectivity index is 1.58. The number of anilines is 1. The summed E-state index contributed by atoms with van der Waals surface area (Å²) >= 11 is 18.4. The average molecular weight is 460 g/mol. The van der Waals surface area contributed by atoms with E-state index in [1.165, 1.54) is 0 Å². The van der Waals surface area contributed by atoms with Crippen molar-refractivity contribution in [2.75, 3.05) is 24.5 Å². The van der Waals surface area contributed by atoms with Crippen molar-refractivity contribution in [3.8, 4) is 0 Å². The third kappa shape index (κ3) is 4.75. The molecule has 3 aromatic carbocycles. The van der Waals surface area contributed by atoms with Gasteiger partial charge in [0.05, 0.1) is 12.5 Å².